The van der Waals surface area contributed by atoms with E-state index in [1.54, 1.807) is 58.0 Å². The smallest absolute Gasteiger partial charge is 0.326 e. The maximum atomic E-state index is 14.4. The summed E-state index contributed by atoms with van der Waals surface area (Å²) in [7, 11) is 0. The van der Waals surface area contributed by atoms with Crippen molar-refractivity contribution in [1.82, 2.24) is 42.5 Å². The summed E-state index contributed by atoms with van der Waals surface area (Å²) in [6, 6.07) is 9.12. The zero-order chi connectivity index (χ0) is 60.3. The average Bonchev–Trinajstić information content (AvgIpc) is 3.40. The van der Waals surface area contributed by atoms with Crippen molar-refractivity contribution >= 4 is 77.7 Å². The van der Waals surface area contributed by atoms with Gasteiger partial charge in [0.2, 0.25) is 53.2 Å². The Balaban J connectivity index is 1.84. The molecule has 0 saturated carbocycles. The lowest BCUT2D eigenvalue weighted by atomic mass is 9.99. The van der Waals surface area contributed by atoms with Crippen LogP contribution in [0.5, 0.6) is 11.5 Å². The fourth-order valence-electron chi connectivity index (χ4n) is 8.06. The number of nitrogens with two attached hydrogens (primary N) is 4. The number of nitrogens with one attached hydrogen (secondary N) is 8. The van der Waals surface area contributed by atoms with Crippen molar-refractivity contribution in [3.8, 4) is 11.5 Å². The molecule has 0 saturated heterocycles. The maximum Gasteiger partial charge on any atom is 0.326 e. The van der Waals surface area contributed by atoms with Gasteiger partial charge in [0.1, 0.15) is 53.8 Å². The number of rotatable bonds is 34. The Hall–Kier alpha value is -8.46. The van der Waals surface area contributed by atoms with Gasteiger partial charge in [0, 0.05) is 31.6 Å². The van der Waals surface area contributed by atoms with Gasteiger partial charge in [-0.2, -0.15) is 12.6 Å². The Morgan fingerprint density at radius 2 is 0.914 bits per heavy atom. The van der Waals surface area contributed by atoms with E-state index in [1.807, 2.05) is 0 Å². The number of aliphatic carboxylic acids is 1. The number of primary amides is 1. The van der Waals surface area contributed by atoms with Crippen LogP contribution < -0.4 is 65.5 Å². The third-order valence-electron chi connectivity index (χ3n) is 12.2. The number of thiol groups is 1. The lowest BCUT2D eigenvalue weighted by Gasteiger charge is -2.28. The van der Waals surface area contributed by atoms with Crippen LogP contribution in [-0.4, -0.2) is 148 Å². The summed E-state index contributed by atoms with van der Waals surface area (Å²) in [6.45, 7) is 6.54. The van der Waals surface area contributed by atoms with Gasteiger partial charge in [0.25, 0.3) is 0 Å². The van der Waals surface area contributed by atoms with E-state index >= 15 is 0 Å². The van der Waals surface area contributed by atoms with Crippen molar-refractivity contribution in [3.05, 3.63) is 95.6 Å². The summed E-state index contributed by atoms with van der Waals surface area (Å²) in [6.07, 6.45) is -0.682. The number of carboxylic acid groups (broad SMARTS) is 1. The monoisotopic (exact) mass is 1150 g/mol. The molecule has 442 valence electrons. The van der Waals surface area contributed by atoms with E-state index in [2.05, 4.69) is 60.2 Å². The molecule has 0 spiro atoms. The second-order valence-electron chi connectivity index (χ2n) is 20.1. The molecule has 8 atom stereocenters. The second-order valence-corrected chi connectivity index (χ2v) is 20.5. The molecule has 19 N–H and O–H groups in total. The number of carbonyl (C=O) groups is 10. The number of carboxylic acids is 1. The first-order chi connectivity index (χ1) is 38.2. The van der Waals surface area contributed by atoms with Gasteiger partial charge in [-0.05, 0) is 78.5 Å². The number of aromatic hydroxyl groups is 2. The molecule has 3 rings (SSSR count). The number of benzene rings is 3. The van der Waals surface area contributed by atoms with Gasteiger partial charge < -0.3 is 80.8 Å². The summed E-state index contributed by atoms with van der Waals surface area (Å²) in [4.78, 5) is 138. The Morgan fingerprint density at radius 1 is 0.519 bits per heavy atom. The van der Waals surface area contributed by atoms with Crippen molar-refractivity contribution in [1.29, 1.82) is 0 Å². The molecule has 3 aromatic carbocycles. The van der Waals surface area contributed by atoms with E-state index in [0.29, 0.717) is 16.7 Å². The number of nitrogens with zero attached hydrogens (tertiary/aromatic N) is 1. The first-order valence-corrected chi connectivity index (χ1v) is 26.8. The second kappa shape index (κ2) is 33.9. The standard InChI is InChI=1S/C54H77N13O13S/c1-29(2)21-38(61-45(71)27-60-47(73)40(24-32-12-16-34(68)17-13-32)63-46(72)36(55)26-44(56)70)48(74)64-39(22-30(3)4)49(75)65-42(25-33-14-18-35(69)19-15-33)51(77)67-43(28-81)52(78)66-41(23-31-9-6-5-7-10-31)50(76)62-37(53(79)80)11-8-20-59-54(57)58/h5-7,9-10,12-19,29-30,36-43,68-69,81H,8,11,20-28,55H2,1-4H3,(H2,56,70)(H,60,73)(H,61,71)(H,62,76)(H,63,72)(H,64,74)(H,65,75)(H,66,78)(H,67,77)(H,79,80)(H4,57,58,59)/t36-,37-,38-,39-,40-,41-,42-,43-/m0/s1. The van der Waals surface area contributed by atoms with Gasteiger partial charge in [-0.3, -0.25) is 48.1 Å². The van der Waals surface area contributed by atoms with Gasteiger partial charge in [-0.1, -0.05) is 82.3 Å². The first-order valence-electron chi connectivity index (χ1n) is 26.2. The molecule has 0 radical (unpaired) electrons. The first kappa shape index (κ1) is 66.8. The maximum absolute atomic E-state index is 14.4. The molecular weight excluding hydrogens is 1070 g/mol. The van der Waals surface area contributed by atoms with Gasteiger partial charge in [-0.15, -0.1) is 0 Å². The van der Waals surface area contributed by atoms with E-state index < -0.39 is 120 Å². The zero-order valence-electron chi connectivity index (χ0n) is 45.7. The molecular formula is C54H77N13O13S. The van der Waals surface area contributed by atoms with E-state index in [4.69, 9.17) is 22.9 Å². The molecule has 81 heavy (non-hydrogen) atoms. The molecule has 0 aliphatic rings. The number of amides is 9. The number of aliphatic imine (C=N–C) groups is 1. The van der Waals surface area contributed by atoms with Gasteiger partial charge >= 0.3 is 5.97 Å². The third-order valence-corrected chi connectivity index (χ3v) is 12.6. The number of carbonyl (C=O) groups excluding carboxylic acids is 9. The fraction of sp³-hybridized carbons (Fsp3) is 0.463. The Labute approximate surface area is 474 Å². The topological polar surface area (TPSA) is 444 Å². The largest absolute Gasteiger partial charge is 0.508 e. The van der Waals surface area contributed by atoms with Crippen LogP contribution in [0.15, 0.2) is 83.9 Å². The Kier molecular flexibility index (Phi) is 27.9. The highest BCUT2D eigenvalue weighted by Gasteiger charge is 2.34. The van der Waals surface area contributed by atoms with Crippen molar-refractivity contribution in [2.45, 2.75) is 127 Å². The van der Waals surface area contributed by atoms with Crippen LogP contribution in [0.3, 0.4) is 0 Å². The van der Waals surface area contributed by atoms with Crippen molar-refractivity contribution < 1.29 is 63.3 Å². The van der Waals surface area contributed by atoms with Gasteiger partial charge in [0.05, 0.1) is 19.0 Å². The summed E-state index contributed by atoms with van der Waals surface area (Å²) < 4.78 is 0. The minimum absolute atomic E-state index is 0.0340. The summed E-state index contributed by atoms with van der Waals surface area (Å²) in [5.74, 6) is -10.0. The van der Waals surface area contributed by atoms with Crippen LogP contribution >= 0.6 is 12.6 Å². The van der Waals surface area contributed by atoms with Gasteiger partial charge in [0.15, 0.2) is 5.96 Å². The lowest BCUT2D eigenvalue weighted by Crippen LogP contribution is -2.60. The molecule has 0 fully saturated rings. The van der Waals surface area contributed by atoms with Gasteiger partial charge in [-0.25, -0.2) is 4.79 Å². The van der Waals surface area contributed by atoms with Crippen molar-refractivity contribution in [3.63, 3.8) is 0 Å². The van der Waals surface area contributed by atoms with Crippen LogP contribution in [0.25, 0.3) is 0 Å². The van der Waals surface area contributed by atoms with Crippen molar-refractivity contribution in [2.75, 3.05) is 18.8 Å². The molecule has 27 heteroatoms. The molecule has 0 heterocycles. The molecule has 9 amide bonds. The third kappa shape index (κ3) is 25.0. The molecule has 26 nitrogen and oxygen atoms in total. The highest BCUT2D eigenvalue weighted by molar-refractivity contribution is 7.80. The van der Waals surface area contributed by atoms with E-state index in [-0.39, 0.29) is 86.5 Å². The highest BCUT2D eigenvalue weighted by atomic mass is 32.1. The molecule has 0 aromatic heterocycles. The minimum Gasteiger partial charge on any atom is -0.508 e. The normalized spacial score (nSPS) is 14.0. The number of phenolic OH excluding ortho intramolecular Hbond substituents is 2. The summed E-state index contributed by atoms with van der Waals surface area (Å²) in [5.41, 5.74) is 23.3. The summed E-state index contributed by atoms with van der Waals surface area (Å²) >= 11 is 4.32. The zero-order valence-corrected chi connectivity index (χ0v) is 46.6. The number of hydrogen-bond acceptors (Lipinski definition) is 15. The average molecular weight is 1150 g/mol. The van der Waals surface area contributed by atoms with Crippen LogP contribution in [-0.2, 0) is 67.2 Å². The minimum atomic E-state index is -1.45. The number of guanidine groups is 1. The highest BCUT2D eigenvalue weighted by Crippen LogP contribution is 2.16. The molecule has 0 bridgehead atoms. The van der Waals surface area contributed by atoms with E-state index in [9.17, 15) is 63.3 Å². The summed E-state index contributed by atoms with van der Waals surface area (Å²) in [5, 5.41) is 50.2. The Bertz CT molecular complexity index is 2640. The molecule has 3 aromatic rings. The number of hydrogen-bond donors (Lipinski definition) is 16. The Morgan fingerprint density at radius 3 is 1.36 bits per heavy atom. The molecule has 0 aliphatic heterocycles. The van der Waals surface area contributed by atoms with Crippen LogP contribution in [0.2, 0.25) is 0 Å². The van der Waals surface area contributed by atoms with E-state index in [1.165, 1.54) is 48.5 Å². The van der Waals surface area contributed by atoms with Crippen molar-refractivity contribution in [2.24, 2.45) is 39.8 Å². The fourth-order valence-corrected chi connectivity index (χ4v) is 8.32. The van der Waals surface area contributed by atoms with Crippen LogP contribution in [0.1, 0.15) is 76.5 Å². The number of phenols is 2. The SMILES string of the molecule is CC(C)C[C@H](NC(=O)CNC(=O)[C@H](Cc1ccc(O)cc1)NC(=O)[C@@H](N)CC(N)=O)C(=O)N[C@@H](CC(C)C)C(=O)N[C@@H](Cc1ccc(O)cc1)C(=O)N[C@@H](CS)C(=O)N[C@@H](Cc1ccccc1)C(=O)N[C@@H](CCCN=C(N)N)C(=O)O. The predicted octanol–water partition coefficient (Wildman–Crippen LogP) is -2.00. The predicted molar refractivity (Wildman–Crippen MR) is 302 cm³/mol. The van der Waals surface area contributed by atoms with E-state index in [0.717, 1.165) is 0 Å². The van der Waals surface area contributed by atoms with Crippen LogP contribution in [0.4, 0.5) is 0 Å². The molecule has 0 unspecified atom stereocenters. The quantitative estimate of drug-likeness (QED) is 0.0133. The lowest BCUT2D eigenvalue weighted by molar-refractivity contribution is -0.142. The van der Waals surface area contributed by atoms with Crippen LogP contribution in [0, 0.1) is 11.8 Å². The molecule has 0 aliphatic carbocycles.